The van der Waals surface area contributed by atoms with Crippen LogP contribution in [0.4, 0.5) is 0 Å². The van der Waals surface area contributed by atoms with Gasteiger partial charge in [0.15, 0.2) is 9.39 Å². The summed E-state index contributed by atoms with van der Waals surface area (Å²) in [5, 5.41) is 16.0. The summed E-state index contributed by atoms with van der Waals surface area (Å²) in [5.41, 5.74) is 0.104. The largest absolute Gasteiger partial charge is 0.370 e. The molecule has 0 aromatic heterocycles. The minimum atomic E-state index is -2.94. The molecule has 0 aromatic carbocycles. The summed E-state index contributed by atoms with van der Waals surface area (Å²) in [7, 11) is 0. The number of hydrogen-bond donors (Lipinski definition) is 2. The lowest BCUT2D eigenvalue weighted by atomic mass is 9.65. The van der Waals surface area contributed by atoms with Crippen molar-refractivity contribution in [3.63, 3.8) is 0 Å². The number of alkyl halides is 8. The maximum Gasteiger partial charge on any atom is 0.211 e. The van der Waals surface area contributed by atoms with Crippen molar-refractivity contribution in [2.24, 2.45) is 0 Å². The van der Waals surface area contributed by atoms with Gasteiger partial charge in [-0.15, -0.1) is 23.2 Å². The first-order valence-corrected chi connectivity index (χ1v) is 9.95. The zero-order chi connectivity index (χ0) is 19.3. The molecule has 11 heteroatoms. The summed E-state index contributed by atoms with van der Waals surface area (Å²) < 4.78 is -5.23. The molecule has 0 heterocycles. The fraction of sp³-hybridized carbons (Fsp3) is 0.429. The van der Waals surface area contributed by atoms with E-state index in [2.05, 4.69) is 0 Å². The van der Waals surface area contributed by atoms with Crippen molar-refractivity contribution in [2.75, 3.05) is 0 Å². The zero-order valence-corrected chi connectivity index (χ0v) is 18.5. The predicted octanol–water partition coefficient (Wildman–Crippen LogP) is 5.72. The molecule has 3 aliphatic rings. The SMILES string of the molecule is OC1(Cl)C2=CC=C3C=CC=C(Cl)C3(Cl)C2(Cl)C(Cl)(Cl)C(O)(Cl)C1(Cl)Cl. The van der Waals surface area contributed by atoms with Crippen molar-refractivity contribution in [3.05, 3.63) is 46.6 Å². The first-order valence-electron chi connectivity index (χ1n) is 6.55. The van der Waals surface area contributed by atoms with E-state index in [0.717, 1.165) is 0 Å². The molecule has 0 aliphatic heterocycles. The van der Waals surface area contributed by atoms with Crippen molar-refractivity contribution >= 4 is 104 Å². The molecule has 0 spiro atoms. The molecule has 25 heavy (non-hydrogen) atoms. The molecular weight excluding hydrogens is 519 g/mol. The molecule has 1 saturated carbocycles. The summed E-state index contributed by atoms with van der Waals surface area (Å²) in [5.74, 6) is 0. The van der Waals surface area contributed by atoms with Crippen LogP contribution in [0.1, 0.15) is 0 Å². The lowest BCUT2D eigenvalue weighted by Gasteiger charge is -2.64. The number of hydrogen-bond acceptors (Lipinski definition) is 2. The third-order valence-electron chi connectivity index (χ3n) is 4.56. The van der Waals surface area contributed by atoms with Gasteiger partial charge in [-0.3, -0.25) is 0 Å². The Bertz CT molecular complexity index is 777. The van der Waals surface area contributed by atoms with E-state index in [-0.39, 0.29) is 10.6 Å². The zero-order valence-electron chi connectivity index (χ0n) is 11.7. The first kappa shape index (κ1) is 21.2. The van der Waals surface area contributed by atoms with Gasteiger partial charge in [-0.1, -0.05) is 106 Å². The Morgan fingerprint density at radius 1 is 0.760 bits per heavy atom. The van der Waals surface area contributed by atoms with Crippen molar-refractivity contribution < 1.29 is 10.2 Å². The fourth-order valence-corrected chi connectivity index (χ4v) is 6.81. The summed E-state index contributed by atoms with van der Waals surface area (Å²) >= 11 is 57.2. The Hall–Kier alpha value is 1.49. The normalized spacial score (nSPS) is 47.2. The van der Waals surface area contributed by atoms with Crippen LogP contribution in [-0.2, 0) is 0 Å². The highest BCUT2D eigenvalue weighted by molar-refractivity contribution is 6.67. The molecule has 2 N–H and O–H groups in total. The van der Waals surface area contributed by atoms with Gasteiger partial charge in [-0.05, 0) is 11.6 Å². The van der Waals surface area contributed by atoms with Gasteiger partial charge in [-0.2, -0.15) is 0 Å². The fourth-order valence-electron chi connectivity index (χ4n) is 3.15. The van der Waals surface area contributed by atoms with E-state index < -0.39 is 28.5 Å². The van der Waals surface area contributed by atoms with E-state index in [1.54, 1.807) is 12.2 Å². The molecule has 0 aromatic rings. The summed E-state index contributed by atoms with van der Waals surface area (Å²) in [6.07, 6.45) is 7.47. The van der Waals surface area contributed by atoms with Crippen LogP contribution in [0.15, 0.2) is 46.6 Å². The molecule has 0 radical (unpaired) electrons. The summed E-state index contributed by atoms with van der Waals surface area (Å²) in [4.78, 5) is -4.05. The third kappa shape index (κ3) is 2.12. The van der Waals surface area contributed by atoms with Crippen LogP contribution >= 0.6 is 104 Å². The lowest BCUT2D eigenvalue weighted by Crippen LogP contribution is -2.80. The number of rotatable bonds is 0. The number of aliphatic hydroxyl groups is 2. The Morgan fingerprint density at radius 2 is 1.32 bits per heavy atom. The van der Waals surface area contributed by atoms with E-state index in [1.807, 2.05) is 0 Å². The van der Waals surface area contributed by atoms with E-state index in [9.17, 15) is 10.2 Å². The van der Waals surface area contributed by atoms with Gasteiger partial charge in [-0.25, -0.2) is 0 Å². The van der Waals surface area contributed by atoms with Crippen molar-refractivity contribution in [2.45, 2.75) is 28.5 Å². The summed E-state index contributed by atoms with van der Waals surface area (Å²) in [6, 6.07) is 0. The molecule has 4 atom stereocenters. The predicted molar refractivity (Wildman–Crippen MR) is 107 cm³/mol. The van der Waals surface area contributed by atoms with Gasteiger partial charge >= 0.3 is 0 Å². The smallest absolute Gasteiger partial charge is 0.211 e. The summed E-state index contributed by atoms with van der Waals surface area (Å²) in [6.45, 7) is 0. The van der Waals surface area contributed by atoms with Crippen LogP contribution in [0, 0.1) is 0 Å². The van der Waals surface area contributed by atoms with Gasteiger partial charge in [0.05, 0.1) is 0 Å². The van der Waals surface area contributed by atoms with Gasteiger partial charge in [0.2, 0.25) is 9.39 Å². The molecule has 2 nitrogen and oxygen atoms in total. The Labute approximate surface area is 188 Å². The van der Waals surface area contributed by atoms with Crippen molar-refractivity contribution in [1.82, 2.24) is 0 Å². The van der Waals surface area contributed by atoms with Gasteiger partial charge in [0, 0.05) is 10.6 Å². The highest BCUT2D eigenvalue weighted by Crippen LogP contribution is 2.75. The molecule has 0 amide bonds. The van der Waals surface area contributed by atoms with E-state index in [4.69, 9.17) is 104 Å². The number of fused-ring (bicyclic) bond motifs is 3. The monoisotopic (exact) mass is 522 g/mol. The van der Waals surface area contributed by atoms with Gasteiger partial charge < -0.3 is 10.2 Å². The molecule has 138 valence electrons. The topological polar surface area (TPSA) is 40.5 Å². The van der Waals surface area contributed by atoms with E-state index in [1.165, 1.54) is 18.2 Å². The second-order valence-electron chi connectivity index (χ2n) is 5.79. The van der Waals surface area contributed by atoms with E-state index >= 15 is 0 Å². The lowest BCUT2D eigenvalue weighted by molar-refractivity contribution is -0.0142. The molecule has 4 unspecified atom stereocenters. The number of allylic oxidation sites excluding steroid dienone is 7. The first-order chi connectivity index (χ1) is 11.1. The quantitative estimate of drug-likeness (QED) is 0.397. The third-order valence-corrected chi connectivity index (χ3v) is 10.7. The van der Waals surface area contributed by atoms with Crippen molar-refractivity contribution in [3.8, 4) is 0 Å². The highest BCUT2D eigenvalue weighted by Gasteiger charge is 2.86. The van der Waals surface area contributed by atoms with Crippen LogP contribution < -0.4 is 0 Å². The molecule has 3 rings (SSSR count). The Morgan fingerprint density at radius 3 is 1.88 bits per heavy atom. The molecule has 3 aliphatic carbocycles. The van der Waals surface area contributed by atoms with Crippen LogP contribution in [0.5, 0.6) is 0 Å². The molecule has 0 saturated heterocycles. The van der Waals surface area contributed by atoms with Crippen molar-refractivity contribution in [1.29, 1.82) is 0 Å². The molecule has 1 fully saturated rings. The second-order valence-corrected chi connectivity index (χ2v) is 11.1. The van der Waals surface area contributed by atoms with Crippen LogP contribution in [0.2, 0.25) is 0 Å². The Balaban J connectivity index is 2.46. The highest BCUT2D eigenvalue weighted by atomic mass is 35.5. The minimum Gasteiger partial charge on any atom is -0.370 e. The average molecular weight is 526 g/mol. The average Bonchev–Trinajstić information content (AvgIpc) is 2.48. The molecular formula is C14H7Cl9O2. The Kier molecular flexibility index (Phi) is 4.89. The standard InChI is InChI=1S/C14H7Cl9O2/c15-8-3-1-2-6-4-5-7-10(17,9(6,8)16)12(19,20)14(23,25)13(21,22)11(7,18)24/h1-5,24-25H. The minimum absolute atomic E-state index is 0.00534. The molecule has 0 bridgehead atoms. The number of halogens is 9. The maximum absolute atomic E-state index is 10.8. The second kappa shape index (κ2) is 5.77. The maximum atomic E-state index is 10.8. The van der Waals surface area contributed by atoms with Crippen LogP contribution in [-0.4, -0.2) is 38.7 Å². The van der Waals surface area contributed by atoms with Crippen LogP contribution in [0.3, 0.4) is 0 Å². The van der Waals surface area contributed by atoms with E-state index in [0.29, 0.717) is 5.57 Å². The van der Waals surface area contributed by atoms with Gasteiger partial charge in [0.1, 0.15) is 9.75 Å². The van der Waals surface area contributed by atoms with Crippen LogP contribution in [0.25, 0.3) is 0 Å². The van der Waals surface area contributed by atoms with Gasteiger partial charge in [0.25, 0.3) is 0 Å².